The summed E-state index contributed by atoms with van der Waals surface area (Å²) < 4.78 is 27.4. The maximum Gasteiger partial charge on any atom is 0.335 e. The standard InChI is InChI=1S/C15H13F2NO2/c1-9-4-2-3-5-10(9)8-18-14-12(16)6-11(15(19)20)7-13(14)17/h2-7,18H,8H2,1H3,(H,19,20). The van der Waals surface area contributed by atoms with Crippen molar-refractivity contribution in [2.24, 2.45) is 0 Å². The Labute approximate surface area is 114 Å². The number of hydrogen-bond acceptors (Lipinski definition) is 2. The van der Waals surface area contributed by atoms with E-state index in [1.165, 1.54) is 0 Å². The summed E-state index contributed by atoms with van der Waals surface area (Å²) in [7, 11) is 0. The highest BCUT2D eigenvalue weighted by Crippen LogP contribution is 2.22. The first-order chi connectivity index (χ1) is 9.49. The molecule has 3 nitrogen and oxygen atoms in total. The molecule has 0 fully saturated rings. The number of anilines is 1. The number of halogens is 2. The number of rotatable bonds is 4. The van der Waals surface area contributed by atoms with Crippen LogP contribution in [0, 0.1) is 18.6 Å². The minimum atomic E-state index is -1.37. The van der Waals surface area contributed by atoms with Crippen molar-refractivity contribution < 1.29 is 18.7 Å². The first-order valence-corrected chi connectivity index (χ1v) is 5.99. The van der Waals surface area contributed by atoms with Crippen LogP contribution < -0.4 is 5.32 Å². The molecular formula is C15H13F2NO2. The van der Waals surface area contributed by atoms with E-state index in [1.54, 1.807) is 0 Å². The van der Waals surface area contributed by atoms with Gasteiger partial charge in [-0.1, -0.05) is 24.3 Å². The lowest BCUT2D eigenvalue weighted by molar-refractivity contribution is 0.0696. The van der Waals surface area contributed by atoms with Gasteiger partial charge in [-0.25, -0.2) is 13.6 Å². The van der Waals surface area contributed by atoms with E-state index in [-0.39, 0.29) is 12.2 Å². The third-order valence-corrected chi connectivity index (χ3v) is 3.01. The fraction of sp³-hybridized carbons (Fsp3) is 0.133. The molecule has 104 valence electrons. The largest absolute Gasteiger partial charge is 0.478 e. The summed E-state index contributed by atoms with van der Waals surface area (Å²) in [5.41, 5.74) is 1.18. The van der Waals surface area contributed by atoms with Crippen LogP contribution in [-0.2, 0) is 6.54 Å². The Hall–Kier alpha value is -2.43. The van der Waals surface area contributed by atoms with E-state index < -0.39 is 23.2 Å². The molecular weight excluding hydrogens is 264 g/mol. The molecule has 0 amide bonds. The van der Waals surface area contributed by atoms with E-state index in [2.05, 4.69) is 5.32 Å². The van der Waals surface area contributed by atoms with Crippen molar-refractivity contribution in [3.8, 4) is 0 Å². The Morgan fingerprint density at radius 1 is 1.20 bits per heavy atom. The summed E-state index contributed by atoms with van der Waals surface area (Å²) in [6, 6.07) is 9.06. The van der Waals surface area contributed by atoms with Crippen molar-refractivity contribution in [3.63, 3.8) is 0 Å². The molecule has 5 heteroatoms. The topological polar surface area (TPSA) is 49.3 Å². The van der Waals surface area contributed by atoms with E-state index in [1.807, 2.05) is 31.2 Å². The molecule has 0 aliphatic heterocycles. The molecule has 0 aromatic heterocycles. The van der Waals surface area contributed by atoms with Crippen LogP contribution in [0.5, 0.6) is 0 Å². The monoisotopic (exact) mass is 277 g/mol. The lowest BCUT2D eigenvalue weighted by atomic mass is 10.1. The average molecular weight is 277 g/mol. The zero-order chi connectivity index (χ0) is 14.7. The summed E-state index contributed by atoms with van der Waals surface area (Å²) >= 11 is 0. The first kappa shape index (κ1) is 14.0. The van der Waals surface area contributed by atoms with E-state index >= 15 is 0 Å². The van der Waals surface area contributed by atoms with Gasteiger partial charge in [0.1, 0.15) is 17.3 Å². The van der Waals surface area contributed by atoms with Crippen LogP contribution in [0.25, 0.3) is 0 Å². The molecule has 0 aliphatic carbocycles. The van der Waals surface area contributed by atoms with E-state index in [0.717, 1.165) is 23.3 Å². The number of aromatic carboxylic acids is 1. The molecule has 0 spiro atoms. The Morgan fingerprint density at radius 3 is 2.35 bits per heavy atom. The van der Waals surface area contributed by atoms with Crippen LogP contribution in [0.15, 0.2) is 36.4 Å². The van der Waals surface area contributed by atoms with E-state index in [9.17, 15) is 13.6 Å². The maximum atomic E-state index is 13.7. The van der Waals surface area contributed by atoms with Crippen molar-refractivity contribution in [1.29, 1.82) is 0 Å². The molecule has 0 aliphatic rings. The molecule has 2 aromatic carbocycles. The van der Waals surface area contributed by atoms with Crippen LogP contribution in [0.4, 0.5) is 14.5 Å². The Morgan fingerprint density at radius 2 is 1.80 bits per heavy atom. The van der Waals surface area contributed by atoms with Gasteiger partial charge in [-0.3, -0.25) is 0 Å². The second-order valence-electron chi connectivity index (χ2n) is 4.40. The van der Waals surface area contributed by atoms with Crippen LogP contribution >= 0.6 is 0 Å². The Balaban J connectivity index is 2.22. The van der Waals surface area contributed by atoms with Gasteiger partial charge in [-0.15, -0.1) is 0 Å². The number of nitrogens with one attached hydrogen (secondary N) is 1. The predicted molar refractivity (Wildman–Crippen MR) is 71.8 cm³/mol. The highest BCUT2D eigenvalue weighted by molar-refractivity contribution is 5.88. The van der Waals surface area contributed by atoms with Crippen molar-refractivity contribution in [2.75, 3.05) is 5.32 Å². The number of carboxylic acid groups (broad SMARTS) is 1. The Bertz CT molecular complexity index is 633. The van der Waals surface area contributed by atoms with Crippen LogP contribution in [-0.4, -0.2) is 11.1 Å². The van der Waals surface area contributed by atoms with Gasteiger partial charge in [0.05, 0.1) is 5.56 Å². The smallest absolute Gasteiger partial charge is 0.335 e. The molecule has 0 radical (unpaired) electrons. The number of aryl methyl sites for hydroxylation is 1. The molecule has 0 heterocycles. The lowest BCUT2D eigenvalue weighted by Gasteiger charge is -2.11. The quantitative estimate of drug-likeness (QED) is 0.898. The van der Waals surface area contributed by atoms with Crippen LogP contribution in [0.3, 0.4) is 0 Å². The highest BCUT2D eigenvalue weighted by atomic mass is 19.1. The van der Waals surface area contributed by atoms with Crippen molar-refractivity contribution >= 4 is 11.7 Å². The van der Waals surface area contributed by atoms with Crippen molar-refractivity contribution in [1.82, 2.24) is 0 Å². The second kappa shape index (κ2) is 5.69. The second-order valence-corrected chi connectivity index (χ2v) is 4.40. The molecule has 0 bridgehead atoms. The van der Waals surface area contributed by atoms with E-state index in [4.69, 9.17) is 5.11 Å². The molecule has 20 heavy (non-hydrogen) atoms. The van der Waals surface area contributed by atoms with Crippen molar-refractivity contribution in [2.45, 2.75) is 13.5 Å². The van der Waals surface area contributed by atoms with E-state index in [0.29, 0.717) is 0 Å². The number of benzene rings is 2. The molecule has 0 saturated heterocycles. The molecule has 2 N–H and O–H groups in total. The third-order valence-electron chi connectivity index (χ3n) is 3.01. The zero-order valence-corrected chi connectivity index (χ0v) is 10.8. The summed E-state index contributed by atoms with van der Waals surface area (Å²) in [6.45, 7) is 2.16. The summed E-state index contributed by atoms with van der Waals surface area (Å²) in [5, 5.41) is 11.4. The summed E-state index contributed by atoms with van der Waals surface area (Å²) in [5.74, 6) is -3.21. The predicted octanol–water partition coefficient (Wildman–Crippen LogP) is 3.58. The van der Waals surface area contributed by atoms with Gasteiger partial charge >= 0.3 is 5.97 Å². The average Bonchev–Trinajstić information content (AvgIpc) is 2.39. The van der Waals surface area contributed by atoms with Gasteiger partial charge in [0.15, 0.2) is 0 Å². The van der Waals surface area contributed by atoms with Gasteiger partial charge in [0.25, 0.3) is 0 Å². The summed E-state index contributed by atoms with van der Waals surface area (Å²) in [6.07, 6.45) is 0. The SMILES string of the molecule is Cc1ccccc1CNc1c(F)cc(C(=O)O)cc1F. The first-order valence-electron chi connectivity index (χ1n) is 5.99. The number of hydrogen-bond donors (Lipinski definition) is 2. The van der Waals surface area contributed by atoms with Crippen LogP contribution in [0.1, 0.15) is 21.5 Å². The fourth-order valence-corrected chi connectivity index (χ4v) is 1.86. The van der Waals surface area contributed by atoms with Gasteiger partial charge in [-0.05, 0) is 30.2 Å². The summed E-state index contributed by atoms with van der Waals surface area (Å²) in [4.78, 5) is 10.7. The molecule has 2 aromatic rings. The Kier molecular flexibility index (Phi) is 3.98. The molecule has 2 rings (SSSR count). The highest BCUT2D eigenvalue weighted by Gasteiger charge is 2.14. The molecule has 0 atom stereocenters. The minimum absolute atomic E-state index is 0.257. The van der Waals surface area contributed by atoms with Gasteiger partial charge in [-0.2, -0.15) is 0 Å². The number of carbonyl (C=O) groups is 1. The van der Waals surface area contributed by atoms with Crippen LogP contribution in [0.2, 0.25) is 0 Å². The molecule has 0 saturated carbocycles. The van der Waals surface area contributed by atoms with Gasteiger partial charge in [0.2, 0.25) is 0 Å². The van der Waals surface area contributed by atoms with Crippen molar-refractivity contribution in [3.05, 3.63) is 64.7 Å². The minimum Gasteiger partial charge on any atom is -0.478 e. The maximum absolute atomic E-state index is 13.7. The normalized spacial score (nSPS) is 10.3. The van der Waals surface area contributed by atoms with Gasteiger partial charge in [0, 0.05) is 6.54 Å². The number of carboxylic acids is 1. The lowest BCUT2D eigenvalue weighted by Crippen LogP contribution is -2.07. The molecule has 0 unspecified atom stereocenters. The fourth-order valence-electron chi connectivity index (χ4n) is 1.86. The zero-order valence-electron chi connectivity index (χ0n) is 10.8. The van der Waals surface area contributed by atoms with Gasteiger partial charge < -0.3 is 10.4 Å². The third kappa shape index (κ3) is 2.93.